The van der Waals surface area contributed by atoms with E-state index in [2.05, 4.69) is 0 Å². The molecule has 0 aliphatic carbocycles. The molecule has 1 aliphatic heterocycles. The van der Waals surface area contributed by atoms with Crippen LogP contribution in [0.3, 0.4) is 0 Å². The Hall–Kier alpha value is -2.10. The van der Waals surface area contributed by atoms with Gasteiger partial charge in [-0.3, -0.25) is 0 Å². The molecule has 0 N–H and O–H groups in total. The minimum atomic E-state index is -4.88. The lowest BCUT2D eigenvalue weighted by molar-refractivity contribution is -0.137. The van der Waals surface area contributed by atoms with Crippen molar-refractivity contribution in [3.05, 3.63) is 59.7 Å². The molecule has 3 rings (SSSR count). The third-order valence-electron chi connectivity index (χ3n) is 4.55. The summed E-state index contributed by atoms with van der Waals surface area (Å²) in [5.74, 6) is 0. The molecule has 10 heteroatoms. The molecule has 1 fully saturated rings. The van der Waals surface area contributed by atoms with E-state index in [4.69, 9.17) is 0 Å². The number of hydrogen-bond acceptors (Lipinski definition) is 2. The smallest absolute Gasteiger partial charge is 0.368 e. The summed E-state index contributed by atoms with van der Waals surface area (Å²) in [4.78, 5) is 1.10. The van der Waals surface area contributed by atoms with Crippen molar-refractivity contribution in [1.82, 2.24) is 0 Å². The largest absolute Gasteiger partial charge is 0.475 e. The minimum Gasteiger partial charge on any atom is -0.368 e. The Labute approximate surface area is 158 Å². The van der Waals surface area contributed by atoms with Crippen LogP contribution in [-0.4, -0.2) is 22.8 Å². The molecule has 152 valence electrons. The summed E-state index contributed by atoms with van der Waals surface area (Å²) >= 11 is 0. The highest BCUT2D eigenvalue weighted by molar-refractivity contribution is 7.86. The average molecular weight is 425 g/mol. The first-order valence-corrected chi connectivity index (χ1v) is 9.25. The number of anilines is 1. The maximum Gasteiger partial charge on any atom is 0.475 e. The van der Waals surface area contributed by atoms with E-state index in [1.807, 2.05) is 0 Å². The highest BCUT2D eigenvalue weighted by atomic mass is 32.2. The van der Waals surface area contributed by atoms with Crippen molar-refractivity contribution in [3.63, 3.8) is 0 Å². The van der Waals surface area contributed by atoms with Crippen molar-refractivity contribution in [2.75, 3.05) is 18.0 Å². The zero-order valence-electron chi connectivity index (χ0n) is 14.1. The van der Waals surface area contributed by atoms with E-state index in [9.17, 15) is 30.6 Å². The van der Waals surface area contributed by atoms with Gasteiger partial charge in [0.2, 0.25) is 0 Å². The van der Waals surface area contributed by atoms with Gasteiger partial charge in [-0.05, 0) is 42.0 Å². The van der Waals surface area contributed by atoms with Crippen molar-refractivity contribution >= 4 is 16.5 Å². The molecule has 2 nitrogen and oxygen atoms in total. The zero-order valence-corrected chi connectivity index (χ0v) is 15.0. The fraction of sp³-hybridized carbons (Fsp3) is 0.333. The second-order valence-electron chi connectivity index (χ2n) is 6.42. The number of alkyl halides is 7. The van der Waals surface area contributed by atoms with Gasteiger partial charge in [0, 0.05) is 23.5 Å². The van der Waals surface area contributed by atoms with Crippen LogP contribution in [0.2, 0.25) is 0 Å². The van der Waals surface area contributed by atoms with Crippen LogP contribution in [0.1, 0.15) is 17.5 Å². The molecular weight excluding hydrogens is 411 g/mol. The third kappa shape index (κ3) is 4.16. The number of benzene rings is 2. The Morgan fingerprint density at radius 3 is 2.18 bits per heavy atom. The first kappa shape index (κ1) is 20.6. The van der Waals surface area contributed by atoms with Gasteiger partial charge in [0.15, 0.2) is 16.5 Å². The lowest BCUT2D eigenvalue weighted by atomic mass is 9.93. The Morgan fingerprint density at radius 1 is 0.964 bits per heavy atom. The van der Waals surface area contributed by atoms with E-state index in [0.717, 1.165) is 30.3 Å². The van der Waals surface area contributed by atoms with Gasteiger partial charge in [0.1, 0.15) is 0 Å². The van der Waals surface area contributed by atoms with Gasteiger partial charge in [-0.15, -0.1) is 0 Å². The maximum absolute atomic E-state index is 15.3. The molecule has 0 radical (unpaired) electrons. The molecule has 0 bridgehead atoms. The van der Waals surface area contributed by atoms with Crippen molar-refractivity contribution in [3.8, 4) is 0 Å². The third-order valence-corrected chi connectivity index (χ3v) is 5.67. The maximum atomic E-state index is 15.3. The zero-order chi connectivity index (χ0) is 20.7. The first-order valence-electron chi connectivity index (χ1n) is 8.10. The van der Waals surface area contributed by atoms with Crippen LogP contribution in [0.5, 0.6) is 0 Å². The number of hydrogen-bond donors (Lipinski definition) is 0. The minimum absolute atomic E-state index is 0.0649. The lowest BCUT2D eigenvalue weighted by Crippen LogP contribution is -2.27. The van der Waals surface area contributed by atoms with Crippen LogP contribution in [-0.2, 0) is 22.6 Å². The van der Waals surface area contributed by atoms with Gasteiger partial charge in [-0.1, -0.05) is 12.1 Å². The van der Waals surface area contributed by atoms with Crippen LogP contribution in [0.25, 0.3) is 0 Å². The van der Waals surface area contributed by atoms with E-state index >= 15 is 4.39 Å². The Bertz CT molecular complexity index is 879. The summed E-state index contributed by atoms with van der Waals surface area (Å²) in [7, 11) is -3.17. The van der Waals surface area contributed by atoms with Crippen molar-refractivity contribution < 1.29 is 34.9 Å². The van der Waals surface area contributed by atoms with Crippen LogP contribution < -0.4 is 4.90 Å². The van der Waals surface area contributed by atoms with Gasteiger partial charge in [-0.25, -0.2) is 8.60 Å². The van der Waals surface area contributed by atoms with Gasteiger partial charge < -0.3 is 4.90 Å². The van der Waals surface area contributed by atoms with Crippen LogP contribution >= 0.6 is 0 Å². The summed E-state index contributed by atoms with van der Waals surface area (Å²) in [6.45, 7) is -0.0650. The standard InChI is InChI=1S/C18H14F7NOS/c19-16(12-2-1-3-13(10-12)17(20,21)22)8-9-26(11-16)14-4-6-15(7-5-14)28(27)18(23,24)25/h1-7,10H,8-9,11H2. The lowest BCUT2D eigenvalue weighted by Gasteiger charge is -2.23. The number of rotatable bonds is 3. The van der Waals surface area contributed by atoms with Crippen molar-refractivity contribution in [2.45, 2.75) is 28.7 Å². The summed E-state index contributed by atoms with van der Waals surface area (Å²) in [6, 6.07) is 8.73. The Morgan fingerprint density at radius 2 is 1.61 bits per heavy atom. The molecule has 2 aromatic rings. The number of nitrogens with zero attached hydrogens (tertiary/aromatic N) is 1. The molecule has 1 heterocycles. The molecule has 0 saturated carbocycles. The summed E-state index contributed by atoms with van der Waals surface area (Å²) in [5, 5.41) is 0. The molecular formula is C18H14F7NOS. The first-order chi connectivity index (χ1) is 12.9. The molecule has 1 aliphatic rings. The molecule has 2 atom stereocenters. The fourth-order valence-corrected chi connectivity index (χ4v) is 3.77. The van der Waals surface area contributed by atoms with Gasteiger partial charge in [-0.2, -0.15) is 26.3 Å². The molecule has 2 unspecified atom stereocenters. The van der Waals surface area contributed by atoms with Crippen LogP contribution in [0, 0.1) is 0 Å². The fourth-order valence-electron chi connectivity index (χ4n) is 3.12. The predicted molar refractivity (Wildman–Crippen MR) is 90.0 cm³/mol. The summed E-state index contributed by atoms with van der Waals surface area (Å²) in [6.07, 6.45) is -4.65. The second kappa shape index (κ2) is 7.06. The van der Waals surface area contributed by atoms with Crippen molar-refractivity contribution in [2.24, 2.45) is 0 Å². The molecule has 0 amide bonds. The highest BCUT2D eigenvalue weighted by Crippen LogP contribution is 2.40. The van der Waals surface area contributed by atoms with Crippen molar-refractivity contribution in [1.29, 1.82) is 0 Å². The van der Waals surface area contributed by atoms with E-state index in [1.54, 1.807) is 0 Å². The number of halogens is 7. The summed E-state index contributed by atoms with van der Waals surface area (Å²) in [5.41, 5.74) is -7.55. The predicted octanol–water partition coefficient (Wildman–Crippen LogP) is 5.41. The molecule has 0 aromatic heterocycles. The average Bonchev–Trinajstić information content (AvgIpc) is 3.03. The highest BCUT2D eigenvalue weighted by Gasteiger charge is 2.42. The normalized spacial score (nSPS) is 21.8. The molecule has 1 saturated heterocycles. The van der Waals surface area contributed by atoms with Gasteiger partial charge in [0.25, 0.3) is 0 Å². The SMILES string of the molecule is O=S(c1ccc(N2CCC(F)(c3cccc(C(F)(F)F)c3)C2)cc1)C(F)(F)F. The second-order valence-corrected chi connectivity index (χ2v) is 7.90. The summed E-state index contributed by atoms with van der Waals surface area (Å²) < 4.78 is 103. The molecule has 28 heavy (non-hydrogen) atoms. The molecule has 0 spiro atoms. The van der Waals surface area contributed by atoms with Crippen LogP contribution in [0.15, 0.2) is 53.4 Å². The topological polar surface area (TPSA) is 20.3 Å². The monoisotopic (exact) mass is 425 g/mol. The molecule has 2 aromatic carbocycles. The van der Waals surface area contributed by atoms with E-state index < -0.39 is 38.6 Å². The Kier molecular flexibility index (Phi) is 5.20. The van der Waals surface area contributed by atoms with Gasteiger partial charge >= 0.3 is 11.7 Å². The Balaban J connectivity index is 1.79. The quantitative estimate of drug-likeness (QED) is 0.613. The van der Waals surface area contributed by atoms with E-state index in [1.165, 1.54) is 23.1 Å². The van der Waals surface area contributed by atoms with E-state index in [-0.39, 0.29) is 25.1 Å². The van der Waals surface area contributed by atoms with Crippen LogP contribution in [0.4, 0.5) is 36.4 Å². The van der Waals surface area contributed by atoms with Gasteiger partial charge in [0.05, 0.1) is 12.1 Å². The van der Waals surface area contributed by atoms with E-state index in [0.29, 0.717) is 5.69 Å².